The van der Waals surface area contributed by atoms with Gasteiger partial charge in [-0.1, -0.05) is 86.8 Å². The summed E-state index contributed by atoms with van der Waals surface area (Å²) in [7, 11) is 0. The molecule has 0 saturated heterocycles. The van der Waals surface area contributed by atoms with Crippen LogP contribution in [0.5, 0.6) is 0 Å². The van der Waals surface area contributed by atoms with Crippen LogP contribution in [0.3, 0.4) is 0 Å². The van der Waals surface area contributed by atoms with Crippen LogP contribution in [-0.4, -0.2) is 18.3 Å². The third-order valence-electron chi connectivity index (χ3n) is 10.7. The molecule has 3 fully saturated rings. The number of nitrogens with one attached hydrogen (secondary N) is 1. The first-order chi connectivity index (χ1) is 16.6. The Hall–Kier alpha value is -0.890. The summed E-state index contributed by atoms with van der Waals surface area (Å²) in [4.78, 5) is 2.99. The minimum atomic E-state index is 0. The van der Waals surface area contributed by atoms with E-state index in [1.54, 1.807) is 5.57 Å². The maximum Gasteiger partial charge on any atom is 0.161 e. The van der Waals surface area contributed by atoms with Gasteiger partial charge in [-0.2, -0.15) is 0 Å². The number of hydrogen-bond donors (Lipinski definition) is 2. The van der Waals surface area contributed by atoms with Gasteiger partial charge in [0.1, 0.15) is 0 Å². The Balaban J connectivity index is 0.000000501. The number of fused-ring (bicyclic) bond motifs is 5. The summed E-state index contributed by atoms with van der Waals surface area (Å²) in [6, 6.07) is 0. The molecule has 0 aromatic carbocycles. The Labute approximate surface area is 226 Å². The lowest BCUT2D eigenvalue weighted by atomic mass is 9.44. The maximum atomic E-state index is 7.46. The van der Waals surface area contributed by atoms with Gasteiger partial charge < -0.3 is 5.73 Å². The van der Waals surface area contributed by atoms with Crippen molar-refractivity contribution in [1.29, 1.82) is 0 Å². The zero-order valence-corrected chi connectivity index (χ0v) is 24.5. The van der Waals surface area contributed by atoms with Crippen LogP contribution in [0.2, 0.25) is 0 Å². The highest BCUT2D eigenvalue weighted by Crippen LogP contribution is 2.67. The van der Waals surface area contributed by atoms with Crippen molar-refractivity contribution in [3.8, 4) is 0 Å². The second-order valence-corrected chi connectivity index (χ2v) is 13.9. The van der Waals surface area contributed by atoms with Crippen molar-refractivity contribution in [3.05, 3.63) is 23.8 Å². The van der Waals surface area contributed by atoms with Gasteiger partial charge in [-0.25, -0.2) is 4.99 Å². The molecule has 0 radical (unpaired) electrons. The molecule has 2 heteroatoms. The van der Waals surface area contributed by atoms with Crippen molar-refractivity contribution in [1.82, 2.24) is 0 Å². The molecule has 0 spiro atoms. The average molecular weight is 500 g/mol. The molecule has 6 atom stereocenters. The minimum Gasteiger partial charge on any atom is -0.324 e. The predicted molar refractivity (Wildman–Crippen MR) is 160 cm³/mol. The van der Waals surface area contributed by atoms with E-state index in [-0.39, 0.29) is 13.0 Å². The van der Waals surface area contributed by atoms with Crippen LogP contribution >= 0.6 is 0 Å². The lowest BCUT2D eigenvalue weighted by Crippen LogP contribution is -2.65. The van der Waals surface area contributed by atoms with Gasteiger partial charge in [-0.15, -0.1) is 0 Å². The van der Waals surface area contributed by atoms with Crippen LogP contribution in [0, 0.1) is 34.0 Å². The van der Waals surface area contributed by atoms with Crippen molar-refractivity contribution in [3.63, 3.8) is 0 Å². The monoisotopic (exact) mass is 499 g/mol. The molecule has 208 valence electrons. The number of rotatable bonds is 4. The summed E-state index contributed by atoms with van der Waals surface area (Å²) >= 11 is 0. The van der Waals surface area contributed by atoms with E-state index in [0.717, 1.165) is 24.3 Å². The van der Waals surface area contributed by atoms with Gasteiger partial charge in [0, 0.05) is 11.6 Å². The second kappa shape index (κ2) is 12.8. The number of nitrogens with two attached hydrogens (primary N) is 1. The quantitative estimate of drug-likeness (QED) is 0.298. The highest BCUT2D eigenvalue weighted by molar-refractivity contribution is 5.66. The SMILES string of the molecule is C.C1=CC[NH+]=C1.CC.CC(C)(C)CCCCC1CCC2C1(C)CCC1C3(C)CCCCC3=CCC12N. The minimum absolute atomic E-state index is 0. The number of allylic oxidation sites excluding steroid dienone is 2. The third kappa shape index (κ3) is 6.39. The van der Waals surface area contributed by atoms with Gasteiger partial charge in [-0.3, -0.25) is 0 Å². The molecule has 3 saturated carbocycles. The Morgan fingerprint density at radius 1 is 1.00 bits per heavy atom. The first-order valence-electron chi connectivity index (χ1n) is 15.3. The van der Waals surface area contributed by atoms with E-state index < -0.39 is 0 Å². The van der Waals surface area contributed by atoms with Gasteiger partial charge >= 0.3 is 0 Å². The fourth-order valence-corrected chi connectivity index (χ4v) is 8.88. The van der Waals surface area contributed by atoms with Crippen molar-refractivity contribution in [2.45, 2.75) is 145 Å². The topological polar surface area (TPSA) is 40.0 Å². The second-order valence-electron chi connectivity index (χ2n) is 13.9. The molecule has 0 aromatic heterocycles. The summed E-state index contributed by atoms with van der Waals surface area (Å²) in [6.07, 6.45) is 26.7. The van der Waals surface area contributed by atoms with Crippen molar-refractivity contribution >= 4 is 6.21 Å². The van der Waals surface area contributed by atoms with E-state index in [4.69, 9.17) is 5.73 Å². The first-order valence-corrected chi connectivity index (χ1v) is 15.3. The molecule has 0 amide bonds. The van der Waals surface area contributed by atoms with Gasteiger partial charge in [0.2, 0.25) is 0 Å². The normalized spacial score (nSPS) is 38.2. The standard InChI is InChI=1S/C27H47N.C4H5N.C2H6.CH4/c1-24(2,3)16-8-6-10-20-12-13-22-26(20,5)18-15-23-25(4)17-9-7-11-21(25)14-19-27(22,23)28;1-2-4-5-3-1;1-2;/h14,20,22-23H,6-13,15-19,28H2,1-5H3;1-3H,4H2;1-2H3;1H4/p+1. The summed E-state index contributed by atoms with van der Waals surface area (Å²) in [5.41, 5.74) is 10.7. The Kier molecular flexibility index (Phi) is 11.1. The summed E-state index contributed by atoms with van der Waals surface area (Å²) < 4.78 is 0. The lowest BCUT2D eigenvalue weighted by molar-refractivity contribution is -0.434. The Bertz CT molecular complexity index is 761. The summed E-state index contributed by atoms with van der Waals surface area (Å²) in [6.45, 7) is 17.4. The molecular formula is C34H63N2+. The Morgan fingerprint density at radius 3 is 2.36 bits per heavy atom. The van der Waals surface area contributed by atoms with Gasteiger partial charge in [0.25, 0.3) is 0 Å². The van der Waals surface area contributed by atoms with E-state index in [9.17, 15) is 0 Å². The van der Waals surface area contributed by atoms with E-state index in [1.165, 1.54) is 83.5 Å². The van der Waals surface area contributed by atoms with Crippen LogP contribution in [0.15, 0.2) is 23.8 Å². The lowest BCUT2D eigenvalue weighted by Gasteiger charge is -2.62. The van der Waals surface area contributed by atoms with Crippen molar-refractivity contribution in [2.24, 2.45) is 39.7 Å². The van der Waals surface area contributed by atoms with Gasteiger partial charge in [-0.05, 0) is 104 Å². The molecule has 5 rings (SSSR count). The average Bonchev–Trinajstić information content (AvgIpc) is 3.49. The molecule has 3 N–H and O–H groups in total. The first kappa shape index (κ1) is 31.3. The Morgan fingerprint density at radius 2 is 1.75 bits per heavy atom. The molecule has 6 unspecified atom stereocenters. The molecule has 4 aliphatic carbocycles. The van der Waals surface area contributed by atoms with E-state index in [2.05, 4.69) is 51.8 Å². The van der Waals surface area contributed by atoms with Crippen LogP contribution in [0.1, 0.15) is 139 Å². The number of unbranched alkanes of at least 4 members (excludes halogenated alkanes) is 1. The van der Waals surface area contributed by atoms with E-state index in [0.29, 0.717) is 16.2 Å². The van der Waals surface area contributed by atoms with Crippen molar-refractivity contribution in [2.75, 3.05) is 6.54 Å². The zero-order chi connectivity index (χ0) is 25.7. The molecule has 36 heavy (non-hydrogen) atoms. The third-order valence-corrected chi connectivity index (χ3v) is 10.7. The van der Waals surface area contributed by atoms with Crippen LogP contribution in [0.25, 0.3) is 0 Å². The molecule has 5 aliphatic rings. The number of hydrogen-bond acceptors (Lipinski definition) is 1. The van der Waals surface area contributed by atoms with Crippen LogP contribution < -0.4 is 10.7 Å². The molecule has 1 aliphatic heterocycles. The van der Waals surface area contributed by atoms with E-state index in [1.807, 2.05) is 26.1 Å². The molecule has 1 heterocycles. The highest BCUT2D eigenvalue weighted by Gasteiger charge is 2.63. The summed E-state index contributed by atoms with van der Waals surface area (Å²) in [5.74, 6) is 2.41. The molecular weight excluding hydrogens is 436 g/mol. The zero-order valence-electron chi connectivity index (χ0n) is 24.5. The van der Waals surface area contributed by atoms with Crippen molar-refractivity contribution < 1.29 is 4.99 Å². The fraction of sp³-hybridized carbons (Fsp3) is 0.853. The predicted octanol–water partition coefficient (Wildman–Crippen LogP) is 8.01. The molecule has 2 nitrogen and oxygen atoms in total. The largest absolute Gasteiger partial charge is 0.324 e. The van der Waals surface area contributed by atoms with E-state index >= 15 is 0 Å². The highest BCUT2D eigenvalue weighted by atomic mass is 14.9. The maximum absolute atomic E-state index is 7.46. The van der Waals surface area contributed by atoms with Gasteiger partial charge in [0.15, 0.2) is 12.8 Å². The summed E-state index contributed by atoms with van der Waals surface area (Å²) in [5, 5.41) is 0. The van der Waals surface area contributed by atoms with Gasteiger partial charge in [0.05, 0.1) is 0 Å². The molecule has 0 bridgehead atoms. The molecule has 0 aromatic rings. The fourth-order valence-electron chi connectivity index (χ4n) is 8.88. The van der Waals surface area contributed by atoms with Crippen LogP contribution in [0.4, 0.5) is 0 Å². The van der Waals surface area contributed by atoms with Crippen LogP contribution in [-0.2, 0) is 0 Å². The smallest absolute Gasteiger partial charge is 0.161 e.